The summed E-state index contributed by atoms with van der Waals surface area (Å²) in [4.78, 5) is 15.4. The lowest BCUT2D eigenvalue weighted by Gasteiger charge is -2.39. The largest absolute Gasteiger partial charge is 0.497 e. The second kappa shape index (κ2) is 11.4. The van der Waals surface area contributed by atoms with E-state index >= 15 is 0 Å². The number of rotatable bonds is 7. The second-order valence-electron chi connectivity index (χ2n) is 9.44. The first-order valence-corrected chi connectivity index (χ1v) is 12.2. The normalized spacial score (nSPS) is 24.0. The van der Waals surface area contributed by atoms with Crippen molar-refractivity contribution in [2.45, 2.75) is 51.0 Å². The summed E-state index contributed by atoms with van der Waals surface area (Å²) in [6, 6.07) is 18.5. The minimum absolute atomic E-state index is 0.115. The van der Waals surface area contributed by atoms with Gasteiger partial charge in [-0.1, -0.05) is 49.2 Å². The maximum absolute atomic E-state index is 12.7. The van der Waals surface area contributed by atoms with Gasteiger partial charge in [-0.15, -0.1) is 0 Å². The Hall–Kier alpha value is -2.53. The van der Waals surface area contributed by atoms with Crippen LogP contribution in [0.3, 0.4) is 0 Å². The van der Waals surface area contributed by atoms with E-state index in [0.717, 1.165) is 30.3 Å². The van der Waals surface area contributed by atoms with E-state index in [0.29, 0.717) is 5.92 Å². The Balaban J connectivity index is 1.30. The predicted molar refractivity (Wildman–Crippen MR) is 130 cm³/mol. The number of methoxy groups -OCH3 is 1. The van der Waals surface area contributed by atoms with E-state index in [4.69, 9.17) is 4.74 Å². The maximum Gasteiger partial charge on any atom is 0.319 e. The van der Waals surface area contributed by atoms with Crippen LogP contribution in [0.15, 0.2) is 54.6 Å². The molecule has 5 heteroatoms. The van der Waals surface area contributed by atoms with E-state index in [1.165, 1.54) is 57.2 Å². The fourth-order valence-electron chi connectivity index (χ4n) is 5.42. The van der Waals surface area contributed by atoms with Crippen molar-refractivity contribution >= 4 is 11.7 Å². The molecule has 0 bridgehead atoms. The summed E-state index contributed by atoms with van der Waals surface area (Å²) in [5.41, 5.74) is 2.21. The van der Waals surface area contributed by atoms with Gasteiger partial charge in [-0.2, -0.15) is 0 Å². The van der Waals surface area contributed by atoms with Gasteiger partial charge in [0.25, 0.3) is 0 Å². The van der Waals surface area contributed by atoms with Gasteiger partial charge in [0.05, 0.1) is 7.11 Å². The predicted octanol–water partition coefficient (Wildman–Crippen LogP) is 5.33. The van der Waals surface area contributed by atoms with Crippen LogP contribution in [-0.4, -0.2) is 43.7 Å². The molecule has 1 saturated carbocycles. The highest BCUT2D eigenvalue weighted by atomic mass is 16.5. The van der Waals surface area contributed by atoms with Crippen molar-refractivity contribution < 1.29 is 9.53 Å². The van der Waals surface area contributed by atoms with Crippen molar-refractivity contribution in [2.24, 2.45) is 11.8 Å². The number of benzene rings is 2. The third-order valence-electron chi connectivity index (χ3n) is 7.02. The Morgan fingerprint density at radius 1 is 1.03 bits per heavy atom. The molecule has 1 heterocycles. The van der Waals surface area contributed by atoms with Gasteiger partial charge in [0.1, 0.15) is 5.75 Å². The Morgan fingerprint density at radius 3 is 2.72 bits per heavy atom. The summed E-state index contributed by atoms with van der Waals surface area (Å²) in [5.74, 6) is 2.00. The summed E-state index contributed by atoms with van der Waals surface area (Å²) < 4.78 is 5.26. The Kier molecular flexibility index (Phi) is 8.05. The lowest BCUT2D eigenvalue weighted by molar-refractivity contribution is 0.123. The Morgan fingerprint density at radius 2 is 1.88 bits per heavy atom. The summed E-state index contributed by atoms with van der Waals surface area (Å²) >= 11 is 0. The zero-order valence-electron chi connectivity index (χ0n) is 19.3. The van der Waals surface area contributed by atoms with Crippen LogP contribution in [0.5, 0.6) is 5.75 Å². The smallest absolute Gasteiger partial charge is 0.319 e. The lowest BCUT2D eigenvalue weighted by Crippen LogP contribution is -2.49. The summed E-state index contributed by atoms with van der Waals surface area (Å²) in [7, 11) is 1.64. The maximum atomic E-state index is 12.7. The van der Waals surface area contributed by atoms with Crippen molar-refractivity contribution in [3.8, 4) is 5.75 Å². The molecule has 5 nitrogen and oxygen atoms in total. The number of carbonyl (C=O) groups is 1. The molecule has 1 aliphatic heterocycles. The Bertz CT molecular complexity index is 857. The minimum Gasteiger partial charge on any atom is -0.497 e. The first kappa shape index (κ1) is 22.7. The minimum atomic E-state index is -0.115. The molecule has 3 atom stereocenters. The van der Waals surface area contributed by atoms with Gasteiger partial charge >= 0.3 is 6.03 Å². The number of ether oxygens (including phenoxy) is 1. The molecule has 1 saturated heterocycles. The van der Waals surface area contributed by atoms with Crippen LogP contribution in [0.25, 0.3) is 0 Å². The van der Waals surface area contributed by atoms with Crippen LogP contribution in [-0.2, 0) is 6.42 Å². The SMILES string of the molecule is COc1cccc(NC(=O)NC2CCCCC2CN2CCCC(Cc3ccccc3)C2)c1. The van der Waals surface area contributed by atoms with Crippen LogP contribution >= 0.6 is 0 Å². The molecule has 4 rings (SSSR count). The molecule has 0 spiro atoms. The van der Waals surface area contributed by atoms with Gasteiger partial charge < -0.3 is 20.3 Å². The highest BCUT2D eigenvalue weighted by Gasteiger charge is 2.30. The number of amides is 2. The quantitative estimate of drug-likeness (QED) is 0.618. The molecule has 2 N–H and O–H groups in total. The molecule has 32 heavy (non-hydrogen) atoms. The van der Waals surface area contributed by atoms with E-state index in [9.17, 15) is 4.79 Å². The van der Waals surface area contributed by atoms with Crippen molar-refractivity contribution in [3.63, 3.8) is 0 Å². The van der Waals surface area contributed by atoms with Gasteiger partial charge in [0.2, 0.25) is 0 Å². The number of nitrogens with one attached hydrogen (secondary N) is 2. The standard InChI is InChI=1S/C27H37N3O2/c1-32-25-14-7-13-24(18-25)28-27(31)29-26-15-6-5-12-23(26)20-30-16-8-11-22(19-30)17-21-9-3-2-4-10-21/h2-4,7,9-10,13-14,18,22-23,26H,5-6,8,11-12,15-17,19-20H2,1H3,(H2,28,29,31). The van der Waals surface area contributed by atoms with Crippen LogP contribution in [0.1, 0.15) is 44.1 Å². The van der Waals surface area contributed by atoms with E-state index in [1.54, 1.807) is 7.11 Å². The summed E-state index contributed by atoms with van der Waals surface area (Å²) in [6.45, 7) is 3.45. The zero-order chi connectivity index (χ0) is 22.2. The van der Waals surface area contributed by atoms with E-state index in [1.807, 2.05) is 24.3 Å². The number of urea groups is 1. The number of hydrogen-bond acceptors (Lipinski definition) is 3. The fourth-order valence-corrected chi connectivity index (χ4v) is 5.42. The topological polar surface area (TPSA) is 53.6 Å². The third-order valence-corrected chi connectivity index (χ3v) is 7.02. The molecule has 2 amide bonds. The number of hydrogen-bond donors (Lipinski definition) is 2. The summed E-state index contributed by atoms with van der Waals surface area (Å²) in [6.07, 6.45) is 8.49. The zero-order valence-corrected chi connectivity index (χ0v) is 19.3. The van der Waals surface area contributed by atoms with E-state index in [2.05, 4.69) is 45.9 Å². The number of carbonyl (C=O) groups excluding carboxylic acids is 1. The Labute approximate surface area is 192 Å². The molecular formula is C27H37N3O2. The number of likely N-dealkylation sites (tertiary alicyclic amines) is 1. The third kappa shape index (κ3) is 6.49. The number of piperidine rings is 1. The monoisotopic (exact) mass is 435 g/mol. The molecule has 2 aliphatic rings. The van der Waals surface area contributed by atoms with Crippen molar-refractivity contribution in [2.75, 3.05) is 32.1 Å². The van der Waals surface area contributed by atoms with Gasteiger partial charge in [0, 0.05) is 30.9 Å². The molecule has 1 aliphatic carbocycles. The van der Waals surface area contributed by atoms with Crippen LogP contribution in [0.4, 0.5) is 10.5 Å². The molecule has 0 radical (unpaired) electrons. The number of anilines is 1. The summed E-state index contributed by atoms with van der Waals surface area (Å²) in [5, 5.41) is 6.26. The first-order valence-electron chi connectivity index (χ1n) is 12.2. The molecule has 3 unspecified atom stereocenters. The second-order valence-corrected chi connectivity index (χ2v) is 9.44. The lowest BCUT2D eigenvalue weighted by atomic mass is 9.83. The molecule has 2 aromatic carbocycles. The average molecular weight is 436 g/mol. The average Bonchev–Trinajstić information content (AvgIpc) is 2.81. The molecule has 172 valence electrons. The molecule has 2 fully saturated rings. The van der Waals surface area contributed by atoms with Crippen LogP contribution in [0.2, 0.25) is 0 Å². The van der Waals surface area contributed by atoms with Crippen LogP contribution in [0, 0.1) is 11.8 Å². The van der Waals surface area contributed by atoms with Gasteiger partial charge in [-0.05, 0) is 68.2 Å². The number of nitrogens with zero attached hydrogens (tertiary/aromatic N) is 1. The van der Waals surface area contributed by atoms with E-state index in [-0.39, 0.29) is 12.1 Å². The molecule has 2 aromatic rings. The van der Waals surface area contributed by atoms with Gasteiger partial charge in [-0.3, -0.25) is 0 Å². The molecular weight excluding hydrogens is 398 g/mol. The van der Waals surface area contributed by atoms with Gasteiger partial charge in [0.15, 0.2) is 0 Å². The highest BCUT2D eigenvalue weighted by molar-refractivity contribution is 5.89. The van der Waals surface area contributed by atoms with Gasteiger partial charge in [-0.25, -0.2) is 4.79 Å². The fraction of sp³-hybridized carbons (Fsp3) is 0.519. The molecule has 0 aromatic heterocycles. The van der Waals surface area contributed by atoms with Crippen LogP contribution < -0.4 is 15.4 Å². The highest BCUT2D eigenvalue weighted by Crippen LogP contribution is 2.28. The van der Waals surface area contributed by atoms with E-state index < -0.39 is 0 Å². The van der Waals surface area contributed by atoms with Crippen molar-refractivity contribution in [1.82, 2.24) is 10.2 Å². The van der Waals surface area contributed by atoms with Crippen molar-refractivity contribution in [1.29, 1.82) is 0 Å². The first-order chi connectivity index (χ1) is 15.7. The van der Waals surface area contributed by atoms with Crippen molar-refractivity contribution in [3.05, 3.63) is 60.2 Å².